The highest BCUT2D eigenvalue weighted by atomic mass is 16.6. The molecule has 1 saturated heterocycles. The van der Waals surface area contributed by atoms with E-state index in [2.05, 4.69) is 62.6 Å². The Morgan fingerprint density at radius 1 is 1.14 bits per heavy atom. The highest BCUT2D eigenvalue weighted by Crippen LogP contribution is 2.56. The Hall–Kier alpha value is -2.67. The third-order valence-corrected chi connectivity index (χ3v) is 8.03. The molecule has 0 spiro atoms. The highest BCUT2D eigenvalue weighted by Gasteiger charge is 2.51. The molecule has 1 aromatic rings. The number of carbonyl (C=O) groups is 2. The average Bonchev–Trinajstić information content (AvgIpc) is 3.31. The molecule has 0 amide bonds. The Kier molecular flexibility index (Phi) is 8.75. The fourth-order valence-electron chi connectivity index (χ4n) is 6.17. The number of aliphatic carboxylic acids is 2. The number of benzene rings is 1. The molecule has 1 saturated carbocycles. The van der Waals surface area contributed by atoms with Crippen LogP contribution in [0.3, 0.4) is 0 Å². The number of hydrogen-bond donors (Lipinski definition) is 3. The van der Waals surface area contributed by atoms with Crippen molar-refractivity contribution in [3.63, 3.8) is 0 Å². The van der Waals surface area contributed by atoms with Crippen molar-refractivity contribution in [2.75, 3.05) is 13.1 Å². The molecule has 4 atom stereocenters. The lowest BCUT2D eigenvalue weighted by molar-refractivity contribution is -0.134. The van der Waals surface area contributed by atoms with E-state index < -0.39 is 11.9 Å². The summed E-state index contributed by atoms with van der Waals surface area (Å²) in [5.74, 6) is -1.27. The van der Waals surface area contributed by atoms with Crippen LogP contribution in [0, 0.1) is 11.3 Å². The van der Waals surface area contributed by atoms with Gasteiger partial charge in [0.25, 0.3) is 0 Å². The molecule has 7 nitrogen and oxygen atoms in total. The summed E-state index contributed by atoms with van der Waals surface area (Å²) in [6.45, 7) is 11.5. The van der Waals surface area contributed by atoms with Crippen LogP contribution >= 0.6 is 0 Å². The van der Waals surface area contributed by atoms with Crippen molar-refractivity contribution in [3.05, 3.63) is 47.0 Å². The van der Waals surface area contributed by atoms with E-state index in [-0.39, 0.29) is 16.9 Å². The van der Waals surface area contributed by atoms with Crippen molar-refractivity contribution in [3.8, 4) is 0 Å². The van der Waals surface area contributed by atoms with E-state index in [0.29, 0.717) is 24.0 Å². The summed E-state index contributed by atoms with van der Waals surface area (Å²) in [5.41, 5.74) is 5.07. The summed E-state index contributed by atoms with van der Waals surface area (Å²) < 4.78 is 0. The van der Waals surface area contributed by atoms with Gasteiger partial charge in [-0.1, -0.05) is 57.5 Å². The average molecular weight is 485 g/mol. The van der Waals surface area contributed by atoms with Gasteiger partial charge in [0.1, 0.15) is 6.10 Å². The van der Waals surface area contributed by atoms with Crippen LogP contribution in [0.4, 0.5) is 0 Å². The molecule has 7 heteroatoms. The molecule has 3 N–H and O–H groups in total. The molecule has 0 radical (unpaired) electrons. The second kappa shape index (κ2) is 11.4. The molecule has 2 fully saturated rings. The Balaban J connectivity index is 0.000000371. The zero-order valence-corrected chi connectivity index (χ0v) is 21.4. The van der Waals surface area contributed by atoms with Crippen molar-refractivity contribution < 1.29 is 24.6 Å². The van der Waals surface area contributed by atoms with Gasteiger partial charge in [-0.05, 0) is 66.2 Å². The van der Waals surface area contributed by atoms with Crippen LogP contribution in [0.15, 0.2) is 35.5 Å². The van der Waals surface area contributed by atoms with Gasteiger partial charge in [0.2, 0.25) is 0 Å². The smallest absolute Gasteiger partial charge is 0.328 e. The SMILES string of the molecule is CC(C)c1ccc2c(c1)CCC1[C@@](C)(C=NO[C@H]3CCNC3)CCC[C@]21C.O=C(O)/C=C/C(=O)O. The monoisotopic (exact) mass is 484 g/mol. The molecular weight excluding hydrogens is 444 g/mol. The quantitative estimate of drug-likeness (QED) is 0.301. The van der Waals surface area contributed by atoms with Crippen LogP contribution in [0.2, 0.25) is 0 Å². The van der Waals surface area contributed by atoms with Crippen LogP contribution in [-0.4, -0.2) is 47.6 Å². The Bertz CT molecular complexity index is 950. The Morgan fingerprint density at radius 2 is 1.86 bits per heavy atom. The minimum absolute atomic E-state index is 0.132. The predicted molar refractivity (Wildman–Crippen MR) is 137 cm³/mol. The van der Waals surface area contributed by atoms with Gasteiger partial charge in [-0.2, -0.15) is 0 Å². The fraction of sp³-hybridized carbons (Fsp3) is 0.607. The van der Waals surface area contributed by atoms with E-state index in [1.54, 1.807) is 11.1 Å². The maximum Gasteiger partial charge on any atom is 0.328 e. The van der Waals surface area contributed by atoms with E-state index in [1.165, 1.54) is 37.7 Å². The zero-order chi connectivity index (χ0) is 25.6. The summed E-state index contributed by atoms with van der Waals surface area (Å²) in [6, 6.07) is 7.30. The molecule has 2 aliphatic carbocycles. The third-order valence-electron chi connectivity index (χ3n) is 8.03. The minimum atomic E-state index is -1.26. The number of oxime groups is 1. The van der Waals surface area contributed by atoms with Crippen LogP contribution in [0.1, 0.15) is 82.4 Å². The fourth-order valence-corrected chi connectivity index (χ4v) is 6.17. The van der Waals surface area contributed by atoms with Crippen LogP contribution in [0.5, 0.6) is 0 Å². The third kappa shape index (κ3) is 6.51. The Morgan fingerprint density at radius 3 is 2.46 bits per heavy atom. The van der Waals surface area contributed by atoms with Gasteiger partial charge in [0.15, 0.2) is 0 Å². The molecule has 1 aromatic carbocycles. The summed E-state index contributed by atoms with van der Waals surface area (Å²) in [7, 11) is 0. The predicted octanol–water partition coefficient (Wildman–Crippen LogP) is 4.90. The van der Waals surface area contributed by atoms with E-state index in [1.807, 2.05) is 0 Å². The normalized spacial score (nSPS) is 30.0. The molecule has 192 valence electrons. The maximum atomic E-state index is 9.55. The molecule has 1 unspecified atom stereocenters. The van der Waals surface area contributed by atoms with Gasteiger partial charge < -0.3 is 20.4 Å². The largest absolute Gasteiger partial charge is 0.478 e. The number of hydrogen-bond acceptors (Lipinski definition) is 5. The van der Waals surface area contributed by atoms with Crippen LogP contribution in [-0.2, 0) is 26.3 Å². The molecule has 4 rings (SSSR count). The van der Waals surface area contributed by atoms with E-state index >= 15 is 0 Å². The first-order chi connectivity index (χ1) is 16.5. The minimum Gasteiger partial charge on any atom is -0.478 e. The summed E-state index contributed by atoms with van der Waals surface area (Å²) in [6.07, 6.45) is 10.9. The molecule has 1 heterocycles. The number of nitrogens with zero attached hydrogens (tertiary/aromatic N) is 1. The van der Waals surface area contributed by atoms with E-state index in [9.17, 15) is 9.59 Å². The van der Waals surface area contributed by atoms with Crippen molar-refractivity contribution in [1.29, 1.82) is 0 Å². The maximum absolute atomic E-state index is 9.55. The zero-order valence-electron chi connectivity index (χ0n) is 21.4. The lowest BCUT2D eigenvalue weighted by Crippen LogP contribution is -2.49. The number of aryl methyl sites for hydroxylation is 1. The molecule has 35 heavy (non-hydrogen) atoms. The second-order valence-corrected chi connectivity index (χ2v) is 10.9. The van der Waals surface area contributed by atoms with Gasteiger partial charge in [-0.15, -0.1) is 0 Å². The highest BCUT2D eigenvalue weighted by molar-refractivity contribution is 5.89. The van der Waals surface area contributed by atoms with Gasteiger partial charge in [-0.3, -0.25) is 0 Å². The number of carboxylic acid groups (broad SMARTS) is 2. The van der Waals surface area contributed by atoms with E-state index in [4.69, 9.17) is 15.1 Å². The van der Waals surface area contributed by atoms with Crippen molar-refractivity contribution in [2.45, 2.75) is 83.7 Å². The number of fused-ring (bicyclic) bond motifs is 3. The lowest BCUT2D eigenvalue weighted by Gasteiger charge is -2.54. The molecule has 0 aromatic heterocycles. The number of rotatable bonds is 6. The van der Waals surface area contributed by atoms with Crippen molar-refractivity contribution in [1.82, 2.24) is 5.32 Å². The van der Waals surface area contributed by atoms with Crippen LogP contribution in [0.25, 0.3) is 0 Å². The molecule has 0 bridgehead atoms. The van der Waals surface area contributed by atoms with Crippen molar-refractivity contribution >= 4 is 18.2 Å². The summed E-state index contributed by atoms with van der Waals surface area (Å²) >= 11 is 0. The van der Waals surface area contributed by atoms with Gasteiger partial charge in [-0.25, -0.2) is 9.59 Å². The molecule has 3 aliphatic rings. The number of nitrogens with one attached hydrogen (secondary N) is 1. The standard InChI is InChI=1S/C24H36N2O.C4H4O4/c1-17(2)18-6-8-21-19(14-18)7-9-22-23(3,11-5-12-24(21,22)4)16-26-27-20-10-13-25-15-20;5-3(6)1-2-4(7)8/h6,8,14,16-17,20,22,25H,5,7,9-13,15H2,1-4H3;1-2H,(H,5,6)(H,7,8)/b;2-1+/t20-,22?,23+,24+;/m0./s1. The van der Waals surface area contributed by atoms with E-state index in [0.717, 1.165) is 19.5 Å². The van der Waals surface area contributed by atoms with Gasteiger partial charge >= 0.3 is 11.9 Å². The topological polar surface area (TPSA) is 108 Å². The summed E-state index contributed by atoms with van der Waals surface area (Å²) in [5, 5.41) is 23.5. The summed E-state index contributed by atoms with van der Waals surface area (Å²) in [4.78, 5) is 24.9. The molecular formula is C28H40N2O5. The van der Waals surface area contributed by atoms with Gasteiger partial charge in [0, 0.05) is 36.7 Å². The molecule has 1 aliphatic heterocycles. The van der Waals surface area contributed by atoms with Crippen LogP contribution < -0.4 is 5.32 Å². The first kappa shape index (κ1) is 26.9. The lowest BCUT2D eigenvalue weighted by atomic mass is 9.50. The second-order valence-electron chi connectivity index (χ2n) is 10.9. The number of carboxylic acids is 2. The first-order valence-corrected chi connectivity index (χ1v) is 12.7. The first-order valence-electron chi connectivity index (χ1n) is 12.7. The van der Waals surface area contributed by atoms with Crippen molar-refractivity contribution in [2.24, 2.45) is 16.5 Å². The van der Waals surface area contributed by atoms with Gasteiger partial charge in [0.05, 0.1) is 0 Å². The Labute approximate surface area is 208 Å².